The molecule has 4 heteroatoms. The van der Waals surface area contributed by atoms with Gasteiger partial charge in [0.25, 0.3) is 0 Å². The smallest absolute Gasteiger partial charge is 0.222 e. The van der Waals surface area contributed by atoms with E-state index in [1.165, 1.54) is 39.0 Å². The van der Waals surface area contributed by atoms with Gasteiger partial charge in [-0.1, -0.05) is 62.4 Å². The third-order valence-corrected chi connectivity index (χ3v) is 4.44. The van der Waals surface area contributed by atoms with Crippen LogP contribution in [0.15, 0.2) is 30.3 Å². The van der Waals surface area contributed by atoms with E-state index in [1.807, 2.05) is 30.3 Å². The molecule has 23 heavy (non-hydrogen) atoms. The van der Waals surface area contributed by atoms with Crippen LogP contribution in [-0.4, -0.2) is 17.9 Å². The van der Waals surface area contributed by atoms with Gasteiger partial charge < -0.3 is 10.6 Å². The monoisotopic (exact) mass is 316 g/mol. The summed E-state index contributed by atoms with van der Waals surface area (Å²) in [6.07, 6.45) is 8.68. The van der Waals surface area contributed by atoms with Crippen LogP contribution in [0.4, 0.5) is 0 Å². The molecule has 2 N–H and O–H groups in total. The third-order valence-electron chi connectivity index (χ3n) is 4.44. The number of nitrogens with one attached hydrogen (secondary N) is 2. The van der Waals surface area contributed by atoms with E-state index in [0.717, 1.165) is 18.4 Å². The standard InChI is InChI=1S/C19H28N2O2/c1-15(22)20-18(16-10-6-5-7-11-16)14-19(23)21-17-12-8-3-2-4-9-13-17/h5-7,10-11,17-18H,2-4,8-9,12-14H2,1H3,(H,20,22)(H,21,23). The second kappa shape index (κ2) is 9.33. The van der Waals surface area contributed by atoms with Gasteiger partial charge in [-0.3, -0.25) is 9.59 Å². The molecule has 2 rings (SSSR count). The summed E-state index contributed by atoms with van der Waals surface area (Å²) in [6.45, 7) is 1.49. The maximum atomic E-state index is 12.4. The van der Waals surface area contributed by atoms with Crippen LogP contribution in [0.1, 0.15) is 69.9 Å². The average Bonchev–Trinajstić information content (AvgIpc) is 2.49. The Bertz CT molecular complexity index is 493. The molecule has 0 bridgehead atoms. The van der Waals surface area contributed by atoms with E-state index in [1.54, 1.807) is 0 Å². The molecule has 1 fully saturated rings. The molecule has 0 radical (unpaired) electrons. The first kappa shape index (κ1) is 17.5. The summed E-state index contributed by atoms with van der Waals surface area (Å²) >= 11 is 0. The Morgan fingerprint density at radius 2 is 1.65 bits per heavy atom. The first-order valence-corrected chi connectivity index (χ1v) is 8.76. The molecule has 0 aliphatic heterocycles. The molecule has 0 saturated heterocycles. The zero-order chi connectivity index (χ0) is 16.5. The lowest BCUT2D eigenvalue weighted by atomic mass is 9.96. The van der Waals surface area contributed by atoms with E-state index in [2.05, 4.69) is 10.6 Å². The molecule has 0 heterocycles. The zero-order valence-electron chi connectivity index (χ0n) is 14.0. The van der Waals surface area contributed by atoms with Crippen LogP contribution in [0.5, 0.6) is 0 Å². The second-order valence-corrected chi connectivity index (χ2v) is 6.48. The lowest BCUT2D eigenvalue weighted by molar-refractivity contribution is -0.123. The van der Waals surface area contributed by atoms with E-state index in [4.69, 9.17) is 0 Å². The van der Waals surface area contributed by atoms with Crippen molar-refractivity contribution in [1.82, 2.24) is 10.6 Å². The highest BCUT2D eigenvalue weighted by Crippen LogP contribution is 2.19. The van der Waals surface area contributed by atoms with Crippen LogP contribution in [0.25, 0.3) is 0 Å². The Kier molecular flexibility index (Phi) is 7.11. The fraction of sp³-hybridized carbons (Fsp3) is 0.579. The number of rotatable bonds is 5. The Labute approximate surface area is 139 Å². The van der Waals surface area contributed by atoms with Crippen molar-refractivity contribution in [2.24, 2.45) is 0 Å². The molecule has 1 aliphatic carbocycles. The number of amides is 2. The molecule has 1 unspecified atom stereocenters. The van der Waals surface area contributed by atoms with Crippen LogP contribution in [0, 0.1) is 0 Å². The topological polar surface area (TPSA) is 58.2 Å². The first-order valence-electron chi connectivity index (χ1n) is 8.76. The van der Waals surface area contributed by atoms with E-state index >= 15 is 0 Å². The Morgan fingerprint density at radius 1 is 1.04 bits per heavy atom. The molecule has 1 aromatic rings. The summed E-state index contributed by atoms with van der Waals surface area (Å²) < 4.78 is 0. The normalized spacial score (nSPS) is 17.6. The third kappa shape index (κ3) is 6.43. The molecule has 0 spiro atoms. The molecule has 1 aliphatic rings. The van der Waals surface area contributed by atoms with E-state index in [0.29, 0.717) is 6.42 Å². The summed E-state index contributed by atoms with van der Waals surface area (Å²) in [5.74, 6) is -0.0872. The maximum Gasteiger partial charge on any atom is 0.222 e. The van der Waals surface area contributed by atoms with Gasteiger partial charge in [0.2, 0.25) is 11.8 Å². The van der Waals surface area contributed by atoms with Crippen LogP contribution in [0.2, 0.25) is 0 Å². The number of benzene rings is 1. The van der Waals surface area contributed by atoms with Crippen molar-refractivity contribution in [3.63, 3.8) is 0 Å². The summed E-state index contributed by atoms with van der Waals surface area (Å²) in [7, 11) is 0. The van der Waals surface area contributed by atoms with Gasteiger partial charge in [0.05, 0.1) is 12.5 Å². The highest BCUT2D eigenvalue weighted by Gasteiger charge is 2.19. The molecule has 0 aromatic heterocycles. The number of carbonyl (C=O) groups excluding carboxylic acids is 2. The van der Waals surface area contributed by atoms with Gasteiger partial charge in [0.15, 0.2) is 0 Å². The Hall–Kier alpha value is -1.84. The average molecular weight is 316 g/mol. The van der Waals surface area contributed by atoms with Gasteiger partial charge in [-0.2, -0.15) is 0 Å². The Morgan fingerprint density at radius 3 is 2.26 bits per heavy atom. The predicted octanol–water partition coefficient (Wildman–Crippen LogP) is 3.48. The quantitative estimate of drug-likeness (QED) is 0.873. The van der Waals surface area contributed by atoms with Crippen LogP contribution in [0.3, 0.4) is 0 Å². The van der Waals surface area contributed by atoms with Gasteiger partial charge in [-0.05, 0) is 18.4 Å². The molecule has 1 atom stereocenters. The van der Waals surface area contributed by atoms with Crippen LogP contribution >= 0.6 is 0 Å². The maximum absolute atomic E-state index is 12.4. The van der Waals surface area contributed by atoms with Crippen molar-refractivity contribution in [3.05, 3.63) is 35.9 Å². The van der Waals surface area contributed by atoms with Crippen molar-refractivity contribution in [1.29, 1.82) is 0 Å². The van der Waals surface area contributed by atoms with E-state index < -0.39 is 0 Å². The number of hydrogen-bond acceptors (Lipinski definition) is 2. The van der Waals surface area contributed by atoms with Crippen LogP contribution < -0.4 is 10.6 Å². The summed E-state index contributed by atoms with van der Waals surface area (Å²) in [5, 5.41) is 6.06. The van der Waals surface area contributed by atoms with Crippen molar-refractivity contribution in [3.8, 4) is 0 Å². The van der Waals surface area contributed by atoms with Gasteiger partial charge >= 0.3 is 0 Å². The van der Waals surface area contributed by atoms with Crippen molar-refractivity contribution in [2.75, 3.05) is 0 Å². The molecule has 126 valence electrons. The van der Waals surface area contributed by atoms with E-state index in [-0.39, 0.29) is 23.9 Å². The van der Waals surface area contributed by atoms with Gasteiger partial charge in [0, 0.05) is 13.0 Å². The molecule has 2 amide bonds. The van der Waals surface area contributed by atoms with E-state index in [9.17, 15) is 9.59 Å². The van der Waals surface area contributed by atoms with Crippen molar-refractivity contribution < 1.29 is 9.59 Å². The zero-order valence-corrected chi connectivity index (χ0v) is 14.0. The minimum atomic E-state index is -0.262. The fourth-order valence-electron chi connectivity index (χ4n) is 3.26. The molecular formula is C19H28N2O2. The predicted molar refractivity (Wildman–Crippen MR) is 91.9 cm³/mol. The fourth-order valence-corrected chi connectivity index (χ4v) is 3.26. The first-order chi connectivity index (χ1) is 11.1. The highest BCUT2D eigenvalue weighted by atomic mass is 16.2. The van der Waals surface area contributed by atoms with Gasteiger partial charge in [-0.25, -0.2) is 0 Å². The lowest BCUT2D eigenvalue weighted by Crippen LogP contribution is -2.38. The number of hydrogen-bond donors (Lipinski definition) is 2. The summed E-state index contributed by atoms with van der Waals surface area (Å²) in [4.78, 5) is 23.9. The Balaban J connectivity index is 1.92. The molecule has 4 nitrogen and oxygen atoms in total. The minimum Gasteiger partial charge on any atom is -0.353 e. The summed E-state index contributed by atoms with van der Waals surface area (Å²) in [5.41, 5.74) is 0.968. The molecular weight excluding hydrogens is 288 g/mol. The van der Waals surface area contributed by atoms with Crippen molar-refractivity contribution in [2.45, 2.75) is 70.4 Å². The largest absolute Gasteiger partial charge is 0.353 e. The molecule has 1 saturated carbocycles. The summed E-state index contributed by atoms with van der Waals surface area (Å²) in [6, 6.07) is 9.71. The van der Waals surface area contributed by atoms with Crippen molar-refractivity contribution >= 4 is 11.8 Å². The highest BCUT2D eigenvalue weighted by molar-refractivity contribution is 5.79. The van der Waals surface area contributed by atoms with Gasteiger partial charge in [0.1, 0.15) is 0 Å². The molecule has 1 aromatic carbocycles. The SMILES string of the molecule is CC(=O)NC(CC(=O)NC1CCCCCCC1)c1ccccc1. The van der Waals surface area contributed by atoms with Crippen LogP contribution in [-0.2, 0) is 9.59 Å². The number of carbonyl (C=O) groups is 2. The lowest BCUT2D eigenvalue weighted by Gasteiger charge is -2.23. The van der Waals surface area contributed by atoms with Gasteiger partial charge in [-0.15, -0.1) is 0 Å². The minimum absolute atomic E-state index is 0.0261. The second-order valence-electron chi connectivity index (χ2n) is 6.48.